The van der Waals surface area contributed by atoms with Gasteiger partial charge in [-0.2, -0.15) is 13.2 Å². The fourth-order valence-electron chi connectivity index (χ4n) is 2.59. The van der Waals surface area contributed by atoms with E-state index in [0.29, 0.717) is 23.0 Å². The summed E-state index contributed by atoms with van der Waals surface area (Å²) < 4.78 is 40.2. The molecule has 3 nitrogen and oxygen atoms in total. The van der Waals surface area contributed by atoms with E-state index in [-0.39, 0.29) is 10.6 Å². The van der Waals surface area contributed by atoms with Gasteiger partial charge < -0.3 is 9.67 Å². The maximum atomic E-state index is 12.8. The Morgan fingerprint density at radius 1 is 1.17 bits per heavy atom. The van der Waals surface area contributed by atoms with Crippen LogP contribution in [0.1, 0.15) is 21.5 Å². The number of halogens is 4. The molecule has 2 aromatic carbocycles. The Labute approximate surface area is 139 Å². The fraction of sp³-hybridized carbons (Fsp3) is 0.118. The van der Waals surface area contributed by atoms with Crippen LogP contribution in [0.2, 0.25) is 5.02 Å². The summed E-state index contributed by atoms with van der Waals surface area (Å²) >= 11 is 6.05. The van der Waals surface area contributed by atoms with Crippen molar-refractivity contribution in [1.82, 2.24) is 4.57 Å². The molecular weight excluding hydrogens is 343 g/mol. The van der Waals surface area contributed by atoms with Crippen LogP contribution < -0.4 is 0 Å². The lowest BCUT2D eigenvalue weighted by Gasteiger charge is -2.11. The number of nitrogens with zero attached hydrogens (tertiary/aromatic N) is 1. The minimum Gasteiger partial charge on any atom is -0.478 e. The number of alkyl halides is 3. The van der Waals surface area contributed by atoms with E-state index < -0.39 is 17.7 Å². The zero-order chi connectivity index (χ0) is 17.5. The van der Waals surface area contributed by atoms with Gasteiger partial charge in [0.05, 0.1) is 21.7 Å². The molecule has 1 heterocycles. The van der Waals surface area contributed by atoms with Crippen molar-refractivity contribution >= 4 is 28.5 Å². The molecule has 24 heavy (non-hydrogen) atoms. The van der Waals surface area contributed by atoms with Gasteiger partial charge in [0, 0.05) is 18.1 Å². The van der Waals surface area contributed by atoms with Gasteiger partial charge in [-0.15, -0.1) is 0 Å². The largest absolute Gasteiger partial charge is 0.478 e. The topological polar surface area (TPSA) is 42.2 Å². The van der Waals surface area contributed by atoms with Crippen molar-refractivity contribution < 1.29 is 23.1 Å². The maximum absolute atomic E-state index is 12.8. The molecule has 1 aromatic heterocycles. The van der Waals surface area contributed by atoms with Gasteiger partial charge in [-0.25, -0.2) is 4.79 Å². The van der Waals surface area contributed by atoms with Crippen molar-refractivity contribution in [3.63, 3.8) is 0 Å². The number of hydrogen-bond donors (Lipinski definition) is 1. The minimum absolute atomic E-state index is 0.000728. The summed E-state index contributed by atoms with van der Waals surface area (Å²) in [6, 6.07) is 9.86. The van der Waals surface area contributed by atoms with Gasteiger partial charge in [0.1, 0.15) is 0 Å². The van der Waals surface area contributed by atoms with Crippen LogP contribution in [-0.4, -0.2) is 15.6 Å². The van der Waals surface area contributed by atoms with Gasteiger partial charge in [-0.1, -0.05) is 23.7 Å². The van der Waals surface area contributed by atoms with Crippen LogP contribution in [0.4, 0.5) is 13.2 Å². The lowest BCUT2D eigenvalue weighted by Crippen LogP contribution is -2.05. The lowest BCUT2D eigenvalue weighted by molar-refractivity contribution is -0.137. The number of carboxylic acid groups (broad SMARTS) is 1. The predicted molar refractivity (Wildman–Crippen MR) is 84.5 cm³/mol. The first kappa shape index (κ1) is 16.4. The number of benzene rings is 2. The zero-order valence-electron chi connectivity index (χ0n) is 12.1. The van der Waals surface area contributed by atoms with Crippen LogP contribution >= 0.6 is 11.6 Å². The van der Waals surface area contributed by atoms with Crippen molar-refractivity contribution in [3.05, 3.63) is 70.4 Å². The molecule has 0 saturated heterocycles. The third kappa shape index (κ3) is 3.10. The van der Waals surface area contributed by atoms with Crippen LogP contribution in [-0.2, 0) is 12.7 Å². The lowest BCUT2D eigenvalue weighted by atomic mass is 10.1. The van der Waals surface area contributed by atoms with E-state index in [9.17, 15) is 18.0 Å². The predicted octanol–water partition coefficient (Wildman–Crippen LogP) is 5.06. The van der Waals surface area contributed by atoms with Crippen LogP contribution in [0.15, 0.2) is 48.7 Å². The molecular formula is C17H11ClF3NO2. The minimum atomic E-state index is -4.46. The highest BCUT2D eigenvalue weighted by atomic mass is 35.5. The Morgan fingerprint density at radius 2 is 1.92 bits per heavy atom. The van der Waals surface area contributed by atoms with Gasteiger partial charge in [0.25, 0.3) is 0 Å². The Bertz CT molecular complexity index is 931. The van der Waals surface area contributed by atoms with E-state index in [4.69, 9.17) is 16.7 Å². The summed E-state index contributed by atoms with van der Waals surface area (Å²) in [4.78, 5) is 11.0. The Morgan fingerprint density at radius 3 is 2.58 bits per heavy atom. The molecule has 0 saturated carbocycles. The molecule has 7 heteroatoms. The first-order chi connectivity index (χ1) is 11.3. The van der Waals surface area contributed by atoms with Crippen LogP contribution in [0, 0.1) is 0 Å². The van der Waals surface area contributed by atoms with Gasteiger partial charge >= 0.3 is 12.1 Å². The molecule has 0 radical (unpaired) electrons. The smallest absolute Gasteiger partial charge is 0.416 e. The van der Waals surface area contributed by atoms with E-state index in [1.165, 1.54) is 12.1 Å². The summed E-state index contributed by atoms with van der Waals surface area (Å²) in [5.74, 6) is -1.04. The van der Waals surface area contributed by atoms with E-state index in [1.807, 2.05) is 0 Å². The van der Waals surface area contributed by atoms with Gasteiger partial charge in [-0.05, 0) is 35.9 Å². The quantitative estimate of drug-likeness (QED) is 0.715. The summed E-state index contributed by atoms with van der Waals surface area (Å²) in [5.41, 5.74) is 0.536. The Kier molecular flexibility index (Phi) is 4.01. The molecule has 124 valence electrons. The highest BCUT2D eigenvalue weighted by molar-refractivity contribution is 6.35. The standard InChI is InChI=1S/C17H11ClF3NO2/c18-14-8-13(17(19,20)21)7-11-4-5-22(15(11)14)9-10-2-1-3-12(6-10)16(23)24/h1-8H,9H2,(H,23,24). The highest BCUT2D eigenvalue weighted by Crippen LogP contribution is 2.35. The summed E-state index contributed by atoms with van der Waals surface area (Å²) in [5, 5.41) is 9.40. The van der Waals surface area contributed by atoms with Gasteiger partial charge in [-0.3, -0.25) is 0 Å². The van der Waals surface area contributed by atoms with E-state index >= 15 is 0 Å². The monoisotopic (exact) mass is 353 g/mol. The van der Waals surface area contributed by atoms with Crippen molar-refractivity contribution in [2.45, 2.75) is 12.7 Å². The molecule has 0 bridgehead atoms. The fourth-order valence-corrected chi connectivity index (χ4v) is 2.93. The molecule has 0 unspecified atom stereocenters. The summed E-state index contributed by atoms with van der Waals surface area (Å²) in [6.45, 7) is 0.301. The summed E-state index contributed by atoms with van der Waals surface area (Å²) in [7, 11) is 0. The van der Waals surface area contributed by atoms with Crippen molar-refractivity contribution in [3.8, 4) is 0 Å². The molecule has 0 amide bonds. The highest BCUT2D eigenvalue weighted by Gasteiger charge is 2.31. The normalized spacial score (nSPS) is 11.8. The third-order valence-corrected chi connectivity index (χ3v) is 3.96. The van der Waals surface area contributed by atoms with E-state index in [2.05, 4.69) is 0 Å². The first-order valence-corrected chi connectivity index (χ1v) is 7.31. The Balaban J connectivity index is 2.02. The molecule has 0 spiro atoms. The second-order valence-corrected chi connectivity index (χ2v) is 5.75. The number of hydrogen-bond acceptors (Lipinski definition) is 1. The third-order valence-electron chi connectivity index (χ3n) is 3.67. The SMILES string of the molecule is O=C(O)c1cccc(Cn2ccc3cc(C(F)(F)F)cc(Cl)c32)c1. The molecule has 1 N–H and O–H groups in total. The average molecular weight is 354 g/mol. The first-order valence-electron chi connectivity index (χ1n) is 6.93. The van der Waals surface area contributed by atoms with E-state index in [0.717, 1.165) is 12.1 Å². The van der Waals surface area contributed by atoms with Gasteiger partial charge in [0.2, 0.25) is 0 Å². The molecule has 3 aromatic rings. The molecule has 0 fully saturated rings. The van der Waals surface area contributed by atoms with Crippen molar-refractivity contribution in [2.75, 3.05) is 0 Å². The molecule has 3 rings (SSSR count). The maximum Gasteiger partial charge on any atom is 0.416 e. The zero-order valence-corrected chi connectivity index (χ0v) is 12.9. The van der Waals surface area contributed by atoms with Crippen molar-refractivity contribution in [2.24, 2.45) is 0 Å². The number of aromatic carboxylic acids is 1. The number of fused-ring (bicyclic) bond motifs is 1. The van der Waals surface area contributed by atoms with Crippen LogP contribution in [0.3, 0.4) is 0 Å². The van der Waals surface area contributed by atoms with Crippen LogP contribution in [0.5, 0.6) is 0 Å². The number of carbonyl (C=O) groups is 1. The average Bonchev–Trinajstić information content (AvgIpc) is 2.90. The van der Waals surface area contributed by atoms with Crippen LogP contribution in [0.25, 0.3) is 10.9 Å². The second kappa shape index (κ2) is 5.87. The molecule has 0 aliphatic rings. The molecule has 0 aliphatic heterocycles. The van der Waals surface area contributed by atoms with E-state index in [1.54, 1.807) is 29.0 Å². The summed E-state index contributed by atoms with van der Waals surface area (Å²) in [6.07, 6.45) is -2.83. The van der Waals surface area contributed by atoms with Gasteiger partial charge in [0.15, 0.2) is 0 Å². The molecule has 0 aliphatic carbocycles. The molecule has 0 atom stereocenters. The Hall–Kier alpha value is -2.47. The number of carboxylic acids is 1. The van der Waals surface area contributed by atoms with Crippen molar-refractivity contribution in [1.29, 1.82) is 0 Å². The second-order valence-electron chi connectivity index (χ2n) is 5.34. The number of aromatic nitrogens is 1. The number of rotatable bonds is 3.